The molecule has 5 heteroatoms. The first-order valence-electron chi connectivity index (χ1n) is 6.68. The molecule has 1 N–H and O–H groups in total. The zero-order valence-corrected chi connectivity index (χ0v) is 11.9. The highest BCUT2D eigenvalue weighted by Gasteiger charge is 2.23. The van der Waals surface area contributed by atoms with Gasteiger partial charge in [-0.3, -0.25) is 4.68 Å². The maximum Gasteiger partial charge on any atom is 0.112 e. The largest absolute Gasteiger partial charge is 0.371 e. The number of nitrogens with zero attached hydrogens (tertiary/aromatic N) is 2. The lowest BCUT2D eigenvalue weighted by Gasteiger charge is -2.16. The summed E-state index contributed by atoms with van der Waals surface area (Å²) in [4.78, 5) is 0. The summed E-state index contributed by atoms with van der Waals surface area (Å²) < 4.78 is 8.10. The van der Waals surface area contributed by atoms with Gasteiger partial charge in [-0.1, -0.05) is 25.1 Å². The molecular formula is C14H20ClN3O. The van der Waals surface area contributed by atoms with Gasteiger partial charge in [-0.2, -0.15) is 5.10 Å². The maximum absolute atomic E-state index is 5.97. The van der Waals surface area contributed by atoms with Crippen LogP contribution in [-0.2, 0) is 11.3 Å². The van der Waals surface area contributed by atoms with Crippen molar-refractivity contribution in [3.63, 3.8) is 0 Å². The van der Waals surface area contributed by atoms with Crippen molar-refractivity contribution in [1.82, 2.24) is 15.1 Å². The molecule has 0 radical (unpaired) electrons. The summed E-state index contributed by atoms with van der Waals surface area (Å²) >= 11 is 0. The fraction of sp³-hybridized carbons (Fsp3) is 0.500. The van der Waals surface area contributed by atoms with Gasteiger partial charge in [0.1, 0.15) is 6.10 Å². The van der Waals surface area contributed by atoms with E-state index in [9.17, 15) is 0 Å². The van der Waals surface area contributed by atoms with Crippen molar-refractivity contribution in [3.8, 4) is 0 Å². The van der Waals surface area contributed by atoms with E-state index in [0.29, 0.717) is 0 Å². The zero-order valence-electron chi connectivity index (χ0n) is 11.1. The third-order valence-electron chi connectivity index (χ3n) is 3.40. The molecule has 0 amide bonds. The Kier molecular flexibility index (Phi) is 4.80. The number of rotatable bonds is 3. The quantitative estimate of drug-likeness (QED) is 0.940. The molecule has 1 unspecified atom stereocenters. The minimum atomic E-state index is 0. The van der Waals surface area contributed by atoms with Crippen molar-refractivity contribution in [2.24, 2.45) is 0 Å². The fourth-order valence-corrected chi connectivity index (χ4v) is 2.56. The number of halogens is 1. The molecule has 1 aliphatic rings. The predicted molar refractivity (Wildman–Crippen MR) is 78.8 cm³/mol. The van der Waals surface area contributed by atoms with Crippen LogP contribution in [0, 0.1) is 0 Å². The van der Waals surface area contributed by atoms with E-state index >= 15 is 0 Å². The summed E-state index contributed by atoms with van der Waals surface area (Å²) in [5.41, 5.74) is 2.29. The number of aryl methyl sites for hydroxylation is 1. The fourth-order valence-electron chi connectivity index (χ4n) is 2.56. The second-order valence-corrected chi connectivity index (χ2v) is 4.65. The van der Waals surface area contributed by atoms with E-state index in [-0.39, 0.29) is 18.5 Å². The summed E-state index contributed by atoms with van der Waals surface area (Å²) in [6, 6.07) is 8.32. The van der Waals surface area contributed by atoms with Gasteiger partial charge in [0.05, 0.1) is 11.2 Å². The van der Waals surface area contributed by atoms with Gasteiger partial charge in [0, 0.05) is 25.1 Å². The van der Waals surface area contributed by atoms with E-state index in [0.717, 1.165) is 38.2 Å². The molecule has 0 spiro atoms. The number of hydrogen-bond donors (Lipinski definition) is 1. The van der Waals surface area contributed by atoms with E-state index in [2.05, 4.69) is 40.2 Å². The molecule has 19 heavy (non-hydrogen) atoms. The molecule has 1 atom stereocenters. The summed E-state index contributed by atoms with van der Waals surface area (Å²) in [6.07, 6.45) is 1.14. The van der Waals surface area contributed by atoms with Crippen molar-refractivity contribution >= 4 is 23.3 Å². The molecule has 2 aromatic rings. The summed E-state index contributed by atoms with van der Waals surface area (Å²) in [6.45, 7) is 5.70. The van der Waals surface area contributed by atoms with Crippen LogP contribution in [0.15, 0.2) is 24.3 Å². The Hall–Kier alpha value is -1.10. The normalized spacial score (nSPS) is 18.7. The van der Waals surface area contributed by atoms with Crippen LogP contribution in [0.3, 0.4) is 0 Å². The van der Waals surface area contributed by atoms with Crippen LogP contribution in [0.5, 0.6) is 0 Å². The molecule has 2 heterocycles. The standard InChI is InChI=1S/C14H19N3O.ClH/c1-2-15-10-13-14-11-6-3-4-7-12(11)16-17(14)8-5-9-18-13;/h3-4,6-7,13,15H,2,5,8-10H2,1H3;1H. The second kappa shape index (κ2) is 6.37. The topological polar surface area (TPSA) is 39.1 Å². The van der Waals surface area contributed by atoms with Gasteiger partial charge < -0.3 is 10.1 Å². The van der Waals surface area contributed by atoms with E-state index in [1.807, 2.05) is 6.07 Å². The van der Waals surface area contributed by atoms with Crippen LogP contribution in [0.25, 0.3) is 10.9 Å². The van der Waals surface area contributed by atoms with Crippen LogP contribution in [0.2, 0.25) is 0 Å². The van der Waals surface area contributed by atoms with E-state index < -0.39 is 0 Å². The first kappa shape index (κ1) is 14.3. The van der Waals surface area contributed by atoms with Crippen LogP contribution in [-0.4, -0.2) is 29.5 Å². The Morgan fingerprint density at radius 3 is 3.11 bits per heavy atom. The van der Waals surface area contributed by atoms with Gasteiger partial charge >= 0.3 is 0 Å². The number of ether oxygens (including phenoxy) is 1. The van der Waals surface area contributed by atoms with Gasteiger partial charge in [0.15, 0.2) is 0 Å². The lowest BCUT2D eigenvalue weighted by molar-refractivity contribution is 0.0571. The molecule has 1 aliphatic heterocycles. The summed E-state index contributed by atoms with van der Waals surface area (Å²) in [7, 11) is 0. The molecule has 0 aliphatic carbocycles. The smallest absolute Gasteiger partial charge is 0.112 e. The highest BCUT2D eigenvalue weighted by atomic mass is 35.5. The number of nitrogens with one attached hydrogen (secondary N) is 1. The first-order valence-corrected chi connectivity index (χ1v) is 6.68. The van der Waals surface area contributed by atoms with Gasteiger partial charge in [0.25, 0.3) is 0 Å². The molecule has 0 bridgehead atoms. The van der Waals surface area contributed by atoms with Crippen LogP contribution in [0.1, 0.15) is 25.1 Å². The highest BCUT2D eigenvalue weighted by Crippen LogP contribution is 2.28. The predicted octanol–water partition coefficient (Wildman–Crippen LogP) is 2.53. The van der Waals surface area contributed by atoms with Crippen LogP contribution < -0.4 is 5.32 Å². The zero-order chi connectivity index (χ0) is 12.4. The van der Waals surface area contributed by atoms with Gasteiger partial charge in [-0.05, 0) is 19.0 Å². The molecule has 4 nitrogen and oxygen atoms in total. The summed E-state index contributed by atoms with van der Waals surface area (Å²) in [5.74, 6) is 0. The second-order valence-electron chi connectivity index (χ2n) is 4.65. The lowest BCUT2D eigenvalue weighted by Crippen LogP contribution is -2.24. The average Bonchev–Trinajstić information content (AvgIpc) is 2.65. The first-order chi connectivity index (χ1) is 8.90. The molecule has 0 fully saturated rings. The minimum absolute atomic E-state index is 0. The Bertz CT molecular complexity index is 540. The molecule has 0 saturated heterocycles. The molecule has 3 rings (SSSR count). The lowest BCUT2D eigenvalue weighted by atomic mass is 10.1. The highest BCUT2D eigenvalue weighted by molar-refractivity contribution is 5.85. The van der Waals surface area contributed by atoms with Gasteiger partial charge in [-0.15, -0.1) is 12.4 Å². The Labute approximate surface area is 119 Å². The summed E-state index contributed by atoms with van der Waals surface area (Å²) in [5, 5.41) is 9.28. The molecular weight excluding hydrogens is 262 g/mol. The monoisotopic (exact) mass is 281 g/mol. The third-order valence-corrected chi connectivity index (χ3v) is 3.40. The molecule has 1 aromatic carbocycles. The molecule has 0 saturated carbocycles. The van der Waals surface area contributed by atoms with Crippen LogP contribution >= 0.6 is 12.4 Å². The van der Waals surface area contributed by atoms with Crippen molar-refractivity contribution in [2.75, 3.05) is 19.7 Å². The van der Waals surface area contributed by atoms with Crippen LogP contribution in [0.4, 0.5) is 0 Å². The van der Waals surface area contributed by atoms with Gasteiger partial charge in [-0.25, -0.2) is 0 Å². The molecule has 104 valence electrons. The van der Waals surface area contributed by atoms with Crippen molar-refractivity contribution in [2.45, 2.75) is 26.0 Å². The number of aromatic nitrogens is 2. The van der Waals surface area contributed by atoms with Crippen molar-refractivity contribution in [1.29, 1.82) is 0 Å². The Balaban J connectivity index is 0.00000133. The third kappa shape index (κ3) is 2.76. The van der Waals surface area contributed by atoms with E-state index in [1.165, 1.54) is 11.1 Å². The number of hydrogen-bond acceptors (Lipinski definition) is 3. The minimum Gasteiger partial charge on any atom is -0.371 e. The SMILES string of the molecule is CCNCC1OCCCn2nc3ccccc3c21.Cl. The van der Waals surface area contributed by atoms with E-state index in [4.69, 9.17) is 4.74 Å². The maximum atomic E-state index is 5.97. The van der Waals surface area contributed by atoms with Crippen molar-refractivity contribution < 1.29 is 4.74 Å². The van der Waals surface area contributed by atoms with E-state index in [1.54, 1.807) is 0 Å². The number of benzene rings is 1. The number of likely N-dealkylation sites (N-methyl/N-ethyl adjacent to an activating group) is 1. The number of fused-ring (bicyclic) bond motifs is 3. The van der Waals surface area contributed by atoms with Gasteiger partial charge in [0.2, 0.25) is 0 Å². The Morgan fingerprint density at radius 2 is 2.26 bits per heavy atom. The molecule has 1 aromatic heterocycles. The van der Waals surface area contributed by atoms with Crippen molar-refractivity contribution in [3.05, 3.63) is 30.0 Å². The average molecular weight is 282 g/mol. The Morgan fingerprint density at radius 1 is 1.42 bits per heavy atom.